The lowest BCUT2D eigenvalue weighted by Crippen LogP contribution is -2.29. The Labute approximate surface area is 209 Å². The number of benzene rings is 3. The molecule has 3 aromatic rings. The van der Waals surface area contributed by atoms with Crippen LogP contribution in [0, 0.1) is 0 Å². The van der Waals surface area contributed by atoms with Crippen LogP contribution >= 0.6 is 0 Å². The molecular weight excluding hydrogens is 436 g/mol. The molecular formula is C31H36O4. The SMILES string of the molecule is CCCCCOC(=O)C(Cc1ccc(OCCC2c3ccccc3-c3ccccc32)cc1)OCC. The second-order valence-corrected chi connectivity index (χ2v) is 9.03. The van der Waals surface area contributed by atoms with E-state index >= 15 is 0 Å². The molecule has 0 radical (unpaired) electrons. The summed E-state index contributed by atoms with van der Waals surface area (Å²) in [6.45, 7) is 5.60. The summed E-state index contributed by atoms with van der Waals surface area (Å²) in [5, 5.41) is 0. The van der Waals surface area contributed by atoms with Crippen LogP contribution in [0.1, 0.15) is 62.1 Å². The van der Waals surface area contributed by atoms with Crippen LogP contribution in [0.15, 0.2) is 72.8 Å². The van der Waals surface area contributed by atoms with Crippen molar-refractivity contribution in [3.63, 3.8) is 0 Å². The molecule has 0 aliphatic heterocycles. The van der Waals surface area contributed by atoms with Gasteiger partial charge in [0, 0.05) is 18.9 Å². The van der Waals surface area contributed by atoms with Crippen LogP contribution in [-0.4, -0.2) is 31.9 Å². The van der Waals surface area contributed by atoms with E-state index in [4.69, 9.17) is 14.2 Å². The summed E-state index contributed by atoms with van der Waals surface area (Å²) in [5.41, 5.74) is 6.47. The fraction of sp³-hybridized carbons (Fsp3) is 0.387. The van der Waals surface area contributed by atoms with Crippen molar-refractivity contribution >= 4 is 5.97 Å². The summed E-state index contributed by atoms with van der Waals surface area (Å²) in [6.07, 6.45) is 3.90. The molecule has 3 aromatic carbocycles. The van der Waals surface area contributed by atoms with Crippen LogP contribution < -0.4 is 4.74 Å². The number of unbranched alkanes of at least 4 members (excludes halogenated alkanes) is 2. The largest absolute Gasteiger partial charge is 0.494 e. The van der Waals surface area contributed by atoms with E-state index in [1.54, 1.807) is 0 Å². The molecule has 0 bridgehead atoms. The minimum atomic E-state index is -0.573. The number of rotatable bonds is 13. The number of hydrogen-bond acceptors (Lipinski definition) is 4. The highest BCUT2D eigenvalue weighted by Gasteiger charge is 2.27. The van der Waals surface area contributed by atoms with Gasteiger partial charge in [-0.05, 0) is 59.7 Å². The summed E-state index contributed by atoms with van der Waals surface area (Å²) in [4.78, 5) is 12.4. The van der Waals surface area contributed by atoms with Crippen LogP contribution in [0.5, 0.6) is 5.75 Å². The average Bonchev–Trinajstić information content (AvgIpc) is 3.21. The summed E-state index contributed by atoms with van der Waals surface area (Å²) in [7, 11) is 0. The molecule has 184 valence electrons. The lowest BCUT2D eigenvalue weighted by atomic mass is 9.94. The van der Waals surface area contributed by atoms with E-state index < -0.39 is 6.10 Å². The molecule has 1 aliphatic rings. The van der Waals surface area contributed by atoms with Gasteiger partial charge in [0.2, 0.25) is 0 Å². The third kappa shape index (κ3) is 6.32. The van der Waals surface area contributed by atoms with Gasteiger partial charge in [-0.3, -0.25) is 0 Å². The van der Waals surface area contributed by atoms with Gasteiger partial charge in [0.1, 0.15) is 5.75 Å². The first kappa shape index (κ1) is 25.0. The minimum absolute atomic E-state index is 0.277. The van der Waals surface area contributed by atoms with Crippen molar-refractivity contribution in [2.45, 2.75) is 58.0 Å². The number of esters is 1. The van der Waals surface area contributed by atoms with Gasteiger partial charge in [-0.1, -0.05) is 80.4 Å². The van der Waals surface area contributed by atoms with E-state index in [-0.39, 0.29) is 5.97 Å². The second-order valence-electron chi connectivity index (χ2n) is 9.03. The number of fused-ring (bicyclic) bond motifs is 3. The Hall–Kier alpha value is -3.11. The Morgan fingerprint density at radius 2 is 1.49 bits per heavy atom. The second kappa shape index (κ2) is 12.6. The summed E-state index contributed by atoms with van der Waals surface area (Å²) in [5.74, 6) is 0.917. The van der Waals surface area contributed by atoms with Crippen molar-refractivity contribution in [3.05, 3.63) is 89.5 Å². The predicted octanol–water partition coefficient (Wildman–Crippen LogP) is 6.95. The normalized spacial score (nSPS) is 13.2. The van der Waals surface area contributed by atoms with E-state index in [9.17, 15) is 4.79 Å². The number of carbonyl (C=O) groups excluding carboxylic acids is 1. The average molecular weight is 473 g/mol. The van der Waals surface area contributed by atoms with Gasteiger partial charge in [0.05, 0.1) is 13.2 Å². The van der Waals surface area contributed by atoms with Gasteiger partial charge >= 0.3 is 5.97 Å². The first-order valence-corrected chi connectivity index (χ1v) is 12.9. The molecule has 4 heteroatoms. The van der Waals surface area contributed by atoms with Gasteiger partial charge in [0.25, 0.3) is 0 Å². The number of carbonyl (C=O) groups is 1. The van der Waals surface area contributed by atoms with Crippen LogP contribution in [0.25, 0.3) is 11.1 Å². The molecule has 1 atom stereocenters. The highest BCUT2D eigenvalue weighted by Crippen LogP contribution is 2.45. The van der Waals surface area contributed by atoms with Crippen LogP contribution in [0.2, 0.25) is 0 Å². The molecule has 0 heterocycles. The van der Waals surface area contributed by atoms with Crippen molar-refractivity contribution < 1.29 is 19.0 Å². The van der Waals surface area contributed by atoms with Crippen molar-refractivity contribution in [1.29, 1.82) is 0 Å². The van der Waals surface area contributed by atoms with Gasteiger partial charge < -0.3 is 14.2 Å². The van der Waals surface area contributed by atoms with E-state index in [1.165, 1.54) is 22.3 Å². The van der Waals surface area contributed by atoms with E-state index in [2.05, 4.69) is 55.5 Å². The zero-order valence-electron chi connectivity index (χ0n) is 20.9. The molecule has 4 nitrogen and oxygen atoms in total. The summed E-state index contributed by atoms with van der Waals surface area (Å²) >= 11 is 0. The van der Waals surface area contributed by atoms with Crippen LogP contribution in [0.4, 0.5) is 0 Å². The topological polar surface area (TPSA) is 44.8 Å². The zero-order valence-corrected chi connectivity index (χ0v) is 20.9. The van der Waals surface area contributed by atoms with E-state index in [1.807, 2.05) is 31.2 Å². The molecule has 0 spiro atoms. The maximum Gasteiger partial charge on any atom is 0.335 e. The maximum absolute atomic E-state index is 12.4. The van der Waals surface area contributed by atoms with Crippen molar-refractivity contribution in [1.82, 2.24) is 0 Å². The smallest absolute Gasteiger partial charge is 0.335 e. The number of hydrogen-bond donors (Lipinski definition) is 0. The molecule has 1 aliphatic carbocycles. The molecule has 1 unspecified atom stereocenters. The fourth-order valence-corrected chi connectivity index (χ4v) is 4.83. The Morgan fingerprint density at radius 3 is 2.11 bits per heavy atom. The van der Waals surface area contributed by atoms with Gasteiger partial charge in [-0.25, -0.2) is 4.79 Å². The zero-order chi connectivity index (χ0) is 24.5. The first-order valence-electron chi connectivity index (χ1n) is 12.9. The highest BCUT2D eigenvalue weighted by atomic mass is 16.6. The summed E-state index contributed by atoms with van der Waals surface area (Å²) < 4.78 is 17.2. The number of ether oxygens (including phenoxy) is 3. The first-order chi connectivity index (χ1) is 17.2. The monoisotopic (exact) mass is 472 g/mol. The highest BCUT2D eigenvalue weighted by molar-refractivity contribution is 5.78. The minimum Gasteiger partial charge on any atom is -0.494 e. The molecule has 0 N–H and O–H groups in total. The van der Waals surface area contributed by atoms with E-state index in [0.29, 0.717) is 32.2 Å². The molecule has 0 saturated heterocycles. The standard InChI is InChI=1S/C31H36O4/c1-3-5-10-20-35-31(32)30(33-4-2)22-23-15-17-24(18-16-23)34-21-19-29-27-13-8-6-11-25(27)26-12-7-9-14-28(26)29/h6-9,11-18,29-30H,3-5,10,19-22H2,1-2H3. The molecule has 0 fully saturated rings. The third-order valence-electron chi connectivity index (χ3n) is 6.61. The van der Waals surface area contributed by atoms with Crippen LogP contribution in [-0.2, 0) is 20.7 Å². The third-order valence-corrected chi connectivity index (χ3v) is 6.61. The molecule has 0 amide bonds. The quantitative estimate of drug-likeness (QED) is 0.199. The molecule has 0 aromatic heterocycles. The van der Waals surface area contributed by atoms with Gasteiger partial charge in [0.15, 0.2) is 6.10 Å². The van der Waals surface area contributed by atoms with Gasteiger partial charge in [-0.15, -0.1) is 0 Å². The molecule has 4 rings (SSSR count). The van der Waals surface area contributed by atoms with E-state index in [0.717, 1.165) is 37.0 Å². The lowest BCUT2D eigenvalue weighted by Gasteiger charge is -2.17. The lowest BCUT2D eigenvalue weighted by molar-refractivity contribution is -0.157. The van der Waals surface area contributed by atoms with Gasteiger partial charge in [-0.2, -0.15) is 0 Å². The Bertz CT molecular complexity index is 1040. The Morgan fingerprint density at radius 1 is 0.829 bits per heavy atom. The van der Waals surface area contributed by atoms with Crippen molar-refractivity contribution in [2.24, 2.45) is 0 Å². The van der Waals surface area contributed by atoms with Crippen LogP contribution in [0.3, 0.4) is 0 Å². The molecule has 35 heavy (non-hydrogen) atoms. The molecule has 0 saturated carbocycles. The summed E-state index contributed by atoms with van der Waals surface area (Å²) in [6, 6.07) is 25.3. The Balaban J connectivity index is 1.30. The van der Waals surface area contributed by atoms with Crippen molar-refractivity contribution in [3.8, 4) is 16.9 Å². The van der Waals surface area contributed by atoms with Crippen molar-refractivity contribution in [2.75, 3.05) is 19.8 Å². The Kier molecular flexibility index (Phi) is 8.96. The fourth-order valence-electron chi connectivity index (χ4n) is 4.83. The maximum atomic E-state index is 12.4. The predicted molar refractivity (Wildman–Crippen MR) is 140 cm³/mol.